The van der Waals surface area contributed by atoms with E-state index in [0.717, 1.165) is 31.7 Å². The lowest BCUT2D eigenvalue weighted by Gasteiger charge is -2.43. The molecule has 1 unspecified atom stereocenters. The van der Waals surface area contributed by atoms with Gasteiger partial charge in [-0.25, -0.2) is 0 Å². The first-order valence-electron chi connectivity index (χ1n) is 9.02. The van der Waals surface area contributed by atoms with E-state index < -0.39 is 0 Å². The molecule has 0 aromatic heterocycles. The van der Waals surface area contributed by atoms with E-state index in [1.54, 1.807) is 0 Å². The van der Waals surface area contributed by atoms with Crippen LogP contribution in [0, 0.1) is 11.3 Å². The average Bonchev–Trinajstić information content (AvgIpc) is 2.47. The Kier molecular flexibility index (Phi) is 6.51. The predicted molar refractivity (Wildman–Crippen MR) is 89.7 cm³/mol. The van der Waals surface area contributed by atoms with Crippen molar-refractivity contribution in [3.63, 3.8) is 0 Å². The second-order valence-electron chi connectivity index (χ2n) is 8.02. The molecule has 3 heteroatoms. The molecule has 1 N–H and O–H groups in total. The first kappa shape index (κ1) is 17.2. The molecule has 2 fully saturated rings. The van der Waals surface area contributed by atoms with Gasteiger partial charge < -0.3 is 15.0 Å². The number of hydrogen-bond acceptors (Lipinski definition) is 3. The van der Waals surface area contributed by atoms with E-state index in [0.29, 0.717) is 11.5 Å². The van der Waals surface area contributed by atoms with Crippen LogP contribution in [-0.4, -0.2) is 50.3 Å². The van der Waals surface area contributed by atoms with Crippen molar-refractivity contribution >= 4 is 0 Å². The maximum Gasteiger partial charge on any atom is 0.0546 e. The second-order valence-corrected chi connectivity index (χ2v) is 8.02. The van der Waals surface area contributed by atoms with Gasteiger partial charge in [0.25, 0.3) is 0 Å². The highest BCUT2D eigenvalue weighted by atomic mass is 16.5. The van der Waals surface area contributed by atoms with Gasteiger partial charge in [-0.1, -0.05) is 20.8 Å². The van der Waals surface area contributed by atoms with Crippen LogP contribution >= 0.6 is 0 Å². The average molecular weight is 296 g/mol. The third-order valence-electron chi connectivity index (χ3n) is 5.48. The van der Waals surface area contributed by atoms with Gasteiger partial charge in [0, 0.05) is 37.2 Å². The summed E-state index contributed by atoms with van der Waals surface area (Å²) in [6.07, 6.45) is 8.10. The number of hydrogen-bond donors (Lipinski definition) is 1. The van der Waals surface area contributed by atoms with Crippen LogP contribution in [0.25, 0.3) is 0 Å². The molecule has 0 aromatic rings. The molecule has 1 atom stereocenters. The normalized spacial score (nSPS) is 34.6. The number of nitrogens with zero attached hydrogens (tertiary/aromatic N) is 1. The van der Waals surface area contributed by atoms with Crippen molar-refractivity contribution in [3.8, 4) is 0 Å². The topological polar surface area (TPSA) is 24.5 Å². The second kappa shape index (κ2) is 7.94. The highest BCUT2D eigenvalue weighted by Crippen LogP contribution is 2.32. The molecule has 0 spiro atoms. The van der Waals surface area contributed by atoms with Gasteiger partial charge in [-0.2, -0.15) is 0 Å². The minimum atomic E-state index is 0.320. The summed E-state index contributed by atoms with van der Waals surface area (Å²) < 4.78 is 5.86. The zero-order chi connectivity index (χ0) is 15.3. The largest absolute Gasteiger partial charge is 0.381 e. The lowest BCUT2D eigenvalue weighted by atomic mass is 9.80. The zero-order valence-corrected chi connectivity index (χ0v) is 14.7. The molecule has 0 radical (unpaired) electrons. The fraction of sp³-hybridized carbons (Fsp3) is 1.00. The Hall–Kier alpha value is -0.120. The summed E-state index contributed by atoms with van der Waals surface area (Å²) in [5.41, 5.74) is 0.320. The molecule has 1 saturated carbocycles. The first-order valence-corrected chi connectivity index (χ1v) is 9.02. The molecule has 1 aliphatic carbocycles. The molecule has 2 aliphatic rings. The quantitative estimate of drug-likeness (QED) is 0.814. The molecule has 124 valence electrons. The van der Waals surface area contributed by atoms with Gasteiger partial charge in [-0.05, 0) is 51.5 Å². The molecule has 0 aromatic carbocycles. The van der Waals surface area contributed by atoms with Crippen molar-refractivity contribution in [2.75, 3.05) is 33.4 Å². The monoisotopic (exact) mass is 296 g/mol. The van der Waals surface area contributed by atoms with E-state index in [2.05, 4.69) is 38.0 Å². The number of rotatable bonds is 6. The predicted octanol–water partition coefficient (Wildman–Crippen LogP) is 3.29. The molecule has 2 rings (SSSR count). The van der Waals surface area contributed by atoms with Crippen molar-refractivity contribution < 1.29 is 4.74 Å². The summed E-state index contributed by atoms with van der Waals surface area (Å²) in [7, 11) is 2.34. The van der Waals surface area contributed by atoms with Gasteiger partial charge in [0.15, 0.2) is 0 Å². The Morgan fingerprint density at radius 3 is 2.52 bits per heavy atom. The van der Waals surface area contributed by atoms with Crippen molar-refractivity contribution in [2.45, 2.75) is 71.4 Å². The summed E-state index contributed by atoms with van der Waals surface area (Å²) in [4.78, 5) is 2.64. The Morgan fingerprint density at radius 2 is 1.95 bits per heavy atom. The van der Waals surface area contributed by atoms with E-state index in [1.165, 1.54) is 45.1 Å². The number of nitrogens with one attached hydrogen (secondary N) is 1. The first-order chi connectivity index (χ1) is 10.0. The fourth-order valence-electron chi connectivity index (χ4n) is 3.99. The van der Waals surface area contributed by atoms with E-state index in [4.69, 9.17) is 4.74 Å². The van der Waals surface area contributed by atoms with Crippen LogP contribution in [-0.2, 0) is 4.74 Å². The minimum absolute atomic E-state index is 0.320. The minimum Gasteiger partial charge on any atom is -0.381 e. The Morgan fingerprint density at radius 1 is 1.24 bits per heavy atom. The summed E-state index contributed by atoms with van der Waals surface area (Å²) in [5.74, 6) is 0.934. The smallest absolute Gasteiger partial charge is 0.0546 e. The van der Waals surface area contributed by atoms with Crippen LogP contribution in [0.1, 0.15) is 59.3 Å². The van der Waals surface area contributed by atoms with Crippen molar-refractivity contribution in [1.82, 2.24) is 10.2 Å². The van der Waals surface area contributed by atoms with Crippen molar-refractivity contribution in [2.24, 2.45) is 11.3 Å². The molecular weight excluding hydrogens is 260 g/mol. The summed E-state index contributed by atoms with van der Waals surface area (Å²) in [5, 5.41) is 3.66. The van der Waals surface area contributed by atoms with Crippen LogP contribution < -0.4 is 5.32 Å². The third kappa shape index (κ3) is 5.22. The Bertz CT molecular complexity index is 292. The van der Waals surface area contributed by atoms with Crippen LogP contribution in [0.2, 0.25) is 0 Å². The molecular formula is C18H36N2O. The van der Waals surface area contributed by atoms with Gasteiger partial charge in [0.1, 0.15) is 0 Å². The summed E-state index contributed by atoms with van der Waals surface area (Å²) in [6, 6.07) is 1.35. The lowest BCUT2D eigenvalue weighted by molar-refractivity contribution is -0.0320. The van der Waals surface area contributed by atoms with E-state index in [1.807, 2.05) is 0 Å². The van der Waals surface area contributed by atoms with Crippen LogP contribution in [0.4, 0.5) is 0 Å². The van der Waals surface area contributed by atoms with E-state index in [9.17, 15) is 0 Å². The third-order valence-corrected chi connectivity index (χ3v) is 5.48. The van der Waals surface area contributed by atoms with Crippen LogP contribution in [0.5, 0.6) is 0 Å². The zero-order valence-electron chi connectivity index (χ0n) is 14.7. The van der Waals surface area contributed by atoms with Gasteiger partial charge >= 0.3 is 0 Å². The van der Waals surface area contributed by atoms with Crippen molar-refractivity contribution in [1.29, 1.82) is 0 Å². The SMILES string of the molecule is CC1CCC(N(C)CC2(CNC(C)C)CCCOC2)CC1. The molecule has 1 aliphatic heterocycles. The molecule has 3 nitrogen and oxygen atoms in total. The molecule has 1 heterocycles. The lowest BCUT2D eigenvalue weighted by Crippen LogP contribution is -2.51. The Labute approximate surface area is 131 Å². The van der Waals surface area contributed by atoms with E-state index in [-0.39, 0.29) is 0 Å². The van der Waals surface area contributed by atoms with Gasteiger partial charge in [0.2, 0.25) is 0 Å². The maximum atomic E-state index is 5.86. The Balaban J connectivity index is 1.90. The standard InChI is InChI=1S/C18H36N2O/c1-15(2)19-12-18(10-5-11-21-14-18)13-20(4)17-8-6-16(3)7-9-17/h15-17,19H,5-14H2,1-4H3. The maximum absolute atomic E-state index is 5.86. The fourth-order valence-corrected chi connectivity index (χ4v) is 3.99. The summed E-state index contributed by atoms with van der Waals surface area (Å²) in [6.45, 7) is 11.0. The molecule has 21 heavy (non-hydrogen) atoms. The number of ether oxygens (including phenoxy) is 1. The van der Waals surface area contributed by atoms with Gasteiger partial charge in [-0.15, -0.1) is 0 Å². The van der Waals surface area contributed by atoms with Crippen molar-refractivity contribution in [3.05, 3.63) is 0 Å². The van der Waals surface area contributed by atoms with Crippen LogP contribution in [0.15, 0.2) is 0 Å². The van der Waals surface area contributed by atoms with Gasteiger partial charge in [0.05, 0.1) is 6.61 Å². The highest BCUT2D eigenvalue weighted by molar-refractivity contribution is 4.89. The van der Waals surface area contributed by atoms with E-state index >= 15 is 0 Å². The molecule has 0 bridgehead atoms. The highest BCUT2D eigenvalue weighted by Gasteiger charge is 2.36. The summed E-state index contributed by atoms with van der Waals surface area (Å²) >= 11 is 0. The molecule has 1 saturated heterocycles. The van der Waals surface area contributed by atoms with Crippen LogP contribution in [0.3, 0.4) is 0 Å². The van der Waals surface area contributed by atoms with Gasteiger partial charge in [-0.3, -0.25) is 0 Å². The molecule has 0 amide bonds.